The predicted octanol–water partition coefficient (Wildman–Crippen LogP) is 3.61. The molecule has 3 aromatic carbocycles. The second-order valence-corrected chi connectivity index (χ2v) is 10.5. The van der Waals surface area contributed by atoms with Crippen molar-refractivity contribution >= 4 is 38.5 Å². The molecule has 3 heterocycles. The zero-order valence-corrected chi connectivity index (χ0v) is 23.7. The minimum atomic E-state index is -2.80. The minimum absolute atomic E-state index is 0.0389. The topological polar surface area (TPSA) is 147 Å². The molecule has 3 N–H and O–H groups in total. The summed E-state index contributed by atoms with van der Waals surface area (Å²) in [5.41, 5.74) is 9.96. The number of hydrogen-bond donors (Lipinski definition) is 3. The fourth-order valence-electron chi connectivity index (χ4n) is 5.24. The van der Waals surface area contributed by atoms with E-state index in [9.17, 15) is 13.2 Å². The fourth-order valence-corrected chi connectivity index (χ4v) is 5.54. The van der Waals surface area contributed by atoms with Crippen LogP contribution in [0.2, 0.25) is 0 Å². The highest BCUT2D eigenvalue weighted by atomic mass is 32.2. The molecule has 0 aliphatic rings. The Bertz CT molecular complexity index is 2080. The summed E-state index contributed by atoms with van der Waals surface area (Å²) in [5.74, 6) is 0.762. The van der Waals surface area contributed by atoms with Crippen LogP contribution in [0.3, 0.4) is 0 Å². The highest BCUT2D eigenvalue weighted by molar-refractivity contribution is 7.70. The van der Waals surface area contributed by atoms with E-state index in [1.54, 1.807) is 21.4 Å². The lowest BCUT2D eigenvalue weighted by Crippen LogP contribution is -2.25. The van der Waals surface area contributed by atoms with Crippen molar-refractivity contribution in [3.8, 4) is 22.7 Å². The standard InChI is InChI=1S/C30H27N7O4S/c1-18(24-15-19-8-6-7-11-23(19)30(38)36(24)22-9-4-3-5-10-22)37-29-26(28(31)32-17-33-29)27(35-37)20-12-13-25(41-2)21(14-20)16-34-42(39)40/h3-15,17-18,42H,16H2,1-2H3,(H2,31,32,33)(H,34,39,40). The van der Waals surface area contributed by atoms with Gasteiger partial charge in [-0.25, -0.2) is 27.8 Å². The zero-order chi connectivity index (χ0) is 29.4. The average molecular weight is 582 g/mol. The molecule has 0 spiro atoms. The number of benzene rings is 3. The molecule has 1 atom stereocenters. The van der Waals surface area contributed by atoms with Gasteiger partial charge in [0, 0.05) is 28.7 Å². The second kappa shape index (κ2) is 11.1. The third kappa shape index (κ3) is 4.76. The van der Waals surface area contributed by atoms with Gasteiger partial charge in [0.25, 0.3) is 5.56 Å². The van der Waals surface area contributed by atoms with Gasteiger partial charge in [0.05, 0.1) is 24.2 Å². The molecular weight excluding hydrogens is 554 g/mol. The molecule has 6 rings (SSSR count). The lowest BCUT2D eigenvalue weighted by Gasteiger charge is -2.20. The minimum Gasteiger partial charge on any atom is -0.496 e. The van der Waals surface area contributed by atoms with E-state index >= 15 is 0 Å². The largest absolute Gasteiger partial charge is 0.496 e. The maximum absolute atomic E-state index is 13.9. The number of rotatable bonds is 8. The summed E-state index contributed by atoms with van der Waals surface area (Å²) in [7, 11) is -1.28. The Balaban J connectivity index is 1.58. The molecule has 42 heavy (non-hydrogen) atoms. The molecule has 6 aromatic rings. The smallest absolute Gasteiger partial charge is 0.263 e. The maximum Gasteiger partial charge on any atom is 0.263 e. The Morgan fingerprint density at radius 1 is 1.00 bits per heavy atom. The van der Waals surface area contributed by atoms with Crippen LogP contribution in [-0.2, 0) is 17.4 Å². The van der Waals surface area contributed by atoms with Crippen molar-refractivity contribution in [3.05, 3.63) is 107 Å². The van der Waals surface area contributed by atoms with E-state index < -0.39 is 16.9 Å². The third-order valence-electron chi connectivity index (χ3n) is 7.24. The average Bonchev–Trinajstić information content (AvgIpc) is 3.41. The Morgan fingerprint density at radius 3 is 2.52 bits per heavy atom. The molecule has 1 unspecified atom stereocenters. The fraction of sp³-hybridized carbons (Fsp3) is 0.133. The van der Waals surface area contributed by atoms with Crippen LogP contribution in [0.4, 0.5) is 5.82 Å². The summed E-state index contributed by atoms with van der Waals surface area (Å²) in [6.45, 7) is 1.99. The van der Waals surface area contributed by atoms with E-state index in [2.05, 4.69) is 14.7 Å². The number of nitrogens with zero attached hydrogens (tertiary/aromatic N) is 5. The van der Waals surface area contributed by atoms with Crippen LogP contribution in [0, 0.1) is 0 Å². The van der Waals surface area contributed by atoms with E-state index in [0.29, 0.717) is 44.7 Å². The number of fused-ring (bicyclic) bond motifs is 2. The van der Waals surface area contributed by atoms with Crippen molar-refractivity contribution in [2.75, 3.05) is 12.8 Å². The SMILES string of the molecule is COc1ccc(-c2nn(C(C)c3cc4ccccc4c(=O)n3-c3ccccc3)c3ncnc(N)c23)cc1CN[SH](=O)=O. The molecule has 0 saturated carbocycles. The first-order valence-electron chi connectivity index (χ1n) is 13.1. The maximum atomic E-state index is 13.9. The molecule has 0 bridgehead atoms. The highest BCUT2D eigenvalue weighted by Gasteiger charge is 2.24. The Hall–Kier alpha value is -5.07. The predicted molar refractivity (Wildman–Crippen MR) is 162 cm³/mol. The van der Waals surface area contributed by atoms with Crippen LogP contribution >= 0.6 is 0 Å². The van der Waals surface area contributed by atoms with E-state index in [1.807, 2.05) is 73.7 Å². The number of para-hydroxylation sites is 1. The Morgan fingerprint density at radius 2 is 1.76 bits per heavy atom. The lowest BCUT2D eigenvalue weighted by atomic mass is 10.1. The summed E-state index contributed by atoms with van der Waals surface area (Å²) < 4.78 is 33.7. The van der Waals surface area contributed by atoms with Gasteiger partial charge in [-0.1, -0.05) is 36.4 Å². The highest BCUT2D eigenvalue weighted by Crippen LogP contribution is 2.35. The van der Waals surface area contributed by atoms with E-state index in [1.165, 1.54) is 13.4 Å². The number of ether oxygens (including phenoxy) is 1. The van der Waals surface area contributed by atoms with Gasteiger partial charge in [-0.3, -0.25) is 9.36 Å². The van der Waals surface area contributed by atoms with Gasteiger partial charge in [-0.2, -0.15) is 5.10 Å². The van der Waals surface area contributed by atoms with Gasteiger partial charge in [0.15, 0.2) is 5.65 Å². The van der Waals surface area contributed by atoms with Crippen LogP contribution in [0.5, 0.6) is 5.75 Å². The molecule has 0 amide bonds. The van der Waals surface area contributed by atoms with Crippen molar-refractivity contribution in [2.45, 2.75) is 19.5 Å². The number of thiol groups is 1. The molecule has 0 radical (unpaired) electrons. The first-order chi connectivity index (χ1) is 20.4. The second-order valence-electron chi connectivity index (χ2n) is 9.68. The van der Waals surface area contributed by atoms with Crippen molar-refractivity contribution in [1.29, 1.82) is 0 Å². The van der Waals surface area contributed by atoms with Gasteiger partial charge in [0.1, 0.15) is 23.6 Å². The summed E-state index contributed by atoms with van der Waals surface area (Å²) in [5, 5.41) is 6.93. The van der Waals surface area contributed by atoms with E-state index in [-0.39, 0.29) is 17.9 Å². The number of methoxy groups -OCH3 is 1. The molecule has 0 aliphatic heterocycles. The molecule has 0 aliphatic carbocycles. The molecule has 0 saturated heterocycles. The summed E-state index contributed by atoms with van der Waals surface area (Å²) in [6.07, 6.45) is 1.38. The lowest BCUT2D eigenvalue weighted by molar-refractivity contribution is 0.409. The van der Waals surface area contributed by atoms with Gasteiger partial charge in [0.2, 0.25) is 10.9 Å². The molecule has 3 aromatic heterocycles. The normalized spacial score (nSPS) is 12.3. The Kier molecular flexibility index (Phi) is 7.15. The van der Waals surface area contributed by atoms with Gasteiger partial charge < -0.3 is 10.5 Å². The monoisotopic (exact) mass is 581 g/mol. The number of nitrogens with two attached hydrogens (primary N) is 1. The van der Waals surface area contributed by atoms with Crippen LogP contribution in [0.1, 0.15) is 24.2 Å². The number of anilines is 1. The van der Waals surface area contributed by atoms with Gasteiger partial charge in [-0.15, -0.1) is 0 Å². The molecule has 0 fully saturated rings. The quantitative estimate of drug-likeness (QED) is 0.231. The molecular formula is C30H27N7O4S. The number of pyridine rings is 1. The van der Waals surface area contributed by atoms with Gasteiger partial charge >= 0.3 is 0 Å². The van der Waals surface area contributed by atoms with Crippen molar-refractivity contribution in [1.82, 2.24) is 29.0 Å². The molecule has 212 valence electrons. The molecule has 12 heteroatoms. The number of nitrogens with one attached hydrogen (secondary N) is 1. The van der Waals surface area contributed by atoms with Crippen LogP contribution < -0.4 is 20.8 Å². The third-order valence-corrected chi connectivity index (χ3v) is 7.65. The number of hydrogen-bond acceptors (Lipinski definition) is 8. The van der Waals surface area contributed by atoms with E-state index in [0.717, 1.165) is 11.1 Å². The number of aromatic nitrogens is 5. The first-order valence-corrected chi connectivity index (χ1v) is 14.3. The van der Waals surface area contributed by atoms with Crippen molar-refractivity contribution < 1.29 is 13.2 Å². The van der Waals surface area contributed by atoms with Crippen LogP contribution in [-0.4, -0.2) is 39.8 Å². The summed E-state index contributed by atoms with van der Waals surface area (Å²) in [6, 6.07) is 23.8. The molecule has 11 nitrogen and oxygen atoms in total. The van der Waals surface area contributed by atoms with Crippen LogP contribution in [0.15, 0.2) is 90.0 Å². The Labute approximate surface area is 242 Å². The summed E-state index contributed by atoms with van der Waals surface area (Å²) >= 11 is 0. The van der Waals surface area contributed by atoms with Gasteiger partial charge in [-0.05, 0) is 54.8 Å². The van der Waals surface area contributed by atoms with Crippen molar-refractivity contribution in [2.24, 2.45) is 0 Å². The number of nitrogen functional groups attached to an aromatic ring is 1. The van der Waals surface area contributed by atoms with Crippen LogP contribution in [0.25, 0.3) is 38.8 Å². The zero-order valence-electron chi connectivity index (χ0n) is 22.8. The van der Waals surface area contributed by atoms with E-state index in [4.69, 9.17) is 15.6 Å². The first kappa shape index (κ1) is 27.1. The summed E-state index contributed by atoms with van der Waals surface area (Å²) in [4.78, 5) is 22.6. The van der Waals surface area contributed by atoms with Crippen molar-refractivity contribution in [3.63, 3.8) is 0 Å².